The lowest BCUT2D eigenvalue weighted by Gasteiger charge is -2.04. The summed E-state index contributed by atoms with van der Waals surface area (Å²) in [7, 11) is -1.76. The van der Waals surface area contributed by atoms with Crippen molar-refractivity contribution in [2.45, 2.75) is 35.1 Å². The maximum Gasteiger partial charge on any atom is 0.491 e. The molecule has 0 saturated heterocycles. The monoisotopic (exact) mass is 814 g/mol. The second-order valence-corrected chi connectivity index (χ2v) is 12.6. The molecule has 0 fully saturated rings. The molecule has 6 aromatic rings. The zero-order chi connectivity index (χ0) is 39.5. The second kappa shape index (κ2) is 19.7. The van der Waals surface area contributed by atoms with Gasteiger partial charge in [0.05, 0.1) is 24.2 Å². The molecule has 0 spiro atoms. The van der Waals surface area contributed by atoms with Crippen LogP contribution in [0.3, 0.4) is 0 Å². The highest BCUT2D eigenvalue weighted by atomic mass is 79.9. The van der Waals surface area contributed by atoms with E-state index in [-0.39, 0.29) is 28.5 Å². The fraction of sp³-hybridized carbons (Fsp3) is 0.135. The molecular weight excluding hydrogens is 777 g/mol. The molecule has 0 atom stereocenters. The van der Waals surface area contributed by atoms with Crippen LogP contribution >= 0.6 is 15.9 Å². The molecule has 4 aromatic heterocycles. The van der Waals surface area contributed by atoms with Gasteiger partial charge in [-0.25, -0.2) is 28.1 Å². The van der Waals surface area contributed by atoms with E-state index in [4.69, 9.17) is 21.5 Å². The van der Waals surface area contributed by atoms with Crippen LogP contribution in [-0.2, 0) is 9.59 Å². The Bertz CT molecular complexity index is 2310. The summed E-state index contributed by atoms with van der Waals surface area (Å²) in [6.07, 6.45) is 10.4. The van der Waals surface area contributed by atoms with Gasteiger partial charge in [-0.15, -0.1) is 10.2 Å². The fourth-order valence-corrected chi connectivity index (χ4v) is 5.12. The lowest BCUT2D eigenvalue weighted by molar-refractivity contribution is -0.114. The average molecular weight is 815 g/mol. The highest BCUT2D eigenvalue weighted by molar-refractivity contribution is 9.12. The Hall–Kier alpha value is -6.24. The van der Waals surface area contributed by atoms with Crippen molar-refractivity contribution in [2.75, 3.05) is 0 Å². The quantitative estimate of drug-likeness (QED) is 0.126. The Morgan fingerprint density at radius 1 is 0.727 bits per heavy atom. The molecule has 0 saturated carbocycles. The summed E-state index contributed by atoms with van der Waals surface area (Å²) < 4.78 is 29.4. The highest BCUT2D eigenvalue weighted by Crippen LogP contribution is 2.21. The number of hydrogen-bond donors (Lipinski definition) is 4. The van der Waals surface area contributed by atoms with Gasteiger partial charge in [0, 0.05) is 40.7 Å². The summed E-state index contributed by atoms with van der Waals surface area (Å²) in [6, 6.07) is 14.7. The van der Waals surface area contributed by atoms with Crippen LogP contribution < -0.4 is 16.9 Å². The first-order valence-electron chi connectivity index (χ1n) is 15.8. The standard InChI is InChI=1S/C18H16FN5O.C13H13BrN4O.C5H5BFNO2.CH4/c1-11-5-12(2)7-13(6-11)18-22-10-24(23-18)9-15(17(20)25)14-3-4-21-8-16(14)19;1-8-3-9(2)5-10(4-8)13-16-7-18(17-13)6-11(14)12(15)19;7-5-3-8-2-1-4(5)6(9)10;/h3-10H,1-2H3,(H2,20,25);3-7H,1-2H3,(H2,15,19);1-3,9-10H;1H4/b15-9+;11-6-;;. The highest BCUT2D eigenvalue weighted by Gasteiger charge is 2.16. The molecule has 0 aliphatic heterocycles. The summed E-state index contributed by atoms with van der Waals surface area (Å²) in [5.41, 5.74) is 16.7. The Morgan fingerprint density at radius 3 is 1.58 bits per heavy atom. The zero-order valence-corrected chi connectivity index (χ0v) is 31.0. The van der Waals surface area contributed by atoms with E-state index in [1.165, 1.54) is 58.9 Å². The fourth-order valence-electron chi connectivity index (χ4n) is 4.91. The first-order chi connectivity index (χ1) is 25.6. The first-order valence-corrected chi connectivity index (χ1v) is 16.6. The maximum absolute atomic E-state index is 13.9. The van der Waals surface area contributed by atoms with Crippen molar-refractivity contribution in [1.29, 1.82) is 0 Å². The van der Waals surface area contributed by atoms with Crippen molar-refractivity contribution in [3.8, 4) is 22.8 Å². The van der Waals surface area contributed by atoms with Gasteiger partial charge >= 0.3 is 7.12 Å². The van der Waals surface area contributed by atoms with Gasteiger partial charge in [-0.2, -0.15) is 0 Å². The number of hydrogen-bond acceptors (Lipinski definition) is 10. The number of amides is 2. The number of primary amides is 2. The number of pyridine rings is 2. The van der Waals surface area contributed by atoms with E-state index in [2.05, 4.69) is 58.2 Å². The number of benzene rings is 2. The van der Waals surface area contributed by atoms with Crippen molar-refractivity contribution >= 4 is 58.3 Å². The van der Waals surface area contributed by atoms with Crippen molar-refractivity contribution in [1.82, 2.24) is 39.5 Å². The van der Waals surface area contributed by atoms with Crippen molar-refractivity contribution in [2.24, 2.45) is 11.5 Å². The SMILES string of the molecule is C.Cc1cc(C)cc(-c2ncn(/C=C(/C(N)=O)c3ccncc3F)n2)c1.Cc1cc(C)cc(-c2ncn(/C=C(\Br)C(N)=O)n2)c1.OB(O)c1ccncc1F. The van der Waals surface area contributed by atoms with Crippen LogP contribution in [-0.4, -0.2) is 68.5 Å². The van der Waals surface area contributed by atoms with Gasteiger partial charge in [0.1, 0.15) is 28.8 Å². The van der Waals surface area contributed by atoms with Gasteiger partial charge in [0.2, 0.25) is 0 Å². The van der Waals surface area contributed by atoms with Crippen LogP contribution in [0.2, 0.25) is 0 Å². The molecule has 0 unspecified atom stereocenters. The summed E-state index contributed by atoms with van der Waals surface area (Å²) in [5, 5.41) is 25.6. The number of aryl methyl sites for hydroxylation is 4. The third kappa shape index (κ3) is 12.4. The number of aromatic nitrogens is 8. The van der Waals surface area contributed by atoms with E-state index < -0.39 is 30.6 Å². The largest absolute Gasteiger partial charge is 0.491 e. The van der Waals surface area contributed by atoms with Crippen molar-refractivity contribution < 1.29 is 28.4 Å². The summed E-state index contributed by atoms with van der Waals surface area (Å²) in [5.74, 6) is -1.56. The second-order valence-electron chi connectivity index (χ2n) is 11.7. The minimum Gasteiger partial charge on any atom is -0.423 e. The van der Waals surface area contributed by atoms with Gasteiger partial charge in [0.15, 0.2) is 11.6 Å². The van der Waals surface area contributed by atoms with Crippen LogP contribution in [0.4, 0.5) is 8.78 Å². The van der Waals surface area contributed by atoms with E-state index in [1.54, 1.807) is 0 Å². The minimum atomic E-state index is -1.76. The Balaban J connectivity index is 0.000000239. The molecule has 2 aromatic carbocycles. The Kier molecular flexibility index (Phi) is 15.5. The van der Waals surface area contributed by atoms with E-state index in [1.807, 2.05) is 52.0 Å². The van der Waals surface area contributed by atoms with Crippen molar-refractivity contribution in [3.63, 3.8) is 0 Å². The van der Waals surface area contributed by atoms with Gasteiger partial charge in [-0.05, 0) is 80.0 Å². The van der Waals surface area contributed by atoms with Gasteiger partial charge in [-0.1, -0.05) is 41.8 Å². The summed E-state index contributed by atoms with van der Waals surface area (Å²) in [6.45, 7) is 8.03. The normalized spacial score (nSPS) is 11.0. The number of nitrogens with two attached hydrogens (primary N) is 2. The molecule has 6 rings (SSSR count). The Morgan fingerprint density at radius 2 is 1.18 bits per heavy atom. The number of carbonyl (C=O) groups excluding carboxylic acids is 2. The molecule has 14 nitrogen and oxygen atoms in total. The van der Waals surface area contributed by atoms with Gasteiger partial charge in [-0.3, -0.25) is 19.6 Å². The van der Waals surface area contributed by atoms with Crippen LogP contribution in [0.15, 0.2) is 90.5 Å². The van der Waals surface area contributed by atoms with Crippen LogP contribution in [0.1, 0.15) is 35.2 Å². The molecule has 4 heterocycles. The Labute approximate surface area is 324 Å². The smallest absolute Gasteiger partial charge is 0.423 e. The van der Waals surface area contributed by atoms with Crippen LogP contribution in [0.25, 0.3) is 40.7 Å². The first kappa shape index (κ1) is 43.2. The lowest BCUT2D eigenvalue weighted by atomic mass is 9.81. The molecule has 18 heteroatoms. The van der Waals surface area contributed by atoms with Crippen LogP contribution in [0, 0.1) is 39.3 Å². The number of nitrogens with zero attached hydrogens (tertiary/aromatic N) is 8. The molecule has 284 valence electrons. The molecule has 0 radical (unpaired) electrons. The van der Waals surface area contributed by atoms with E-state index >= 15 is 0 Å². The molecule has 2 amide bonds. The average Bonchev–Trinajstić information content (AvgIpc) is 3.78. The summed E-state index contributed by atoms with van der Waals surface area (Å²) in [4.78, 5) is 38.2. The van der Waals surface area contributed by atoms with E-state index in [0.29, 0.717) is 11.6 Å². The third-order valence-electron chi connectivity index (χ3n) is 7.13. The number of halogens is 3. The molecule has 55 heavy (non-hydrogen) atoms. The van der Waals surface area contributed by atoms with Crippen LogP contribution in [0.5, 0.6) is 0 Å². The predicted octanol–water partition coefficient (Wildman–Crippen LogP) is 4.36. The van der Waals surface area contributed by atoms with Crippen molar-refractivity contribution in [3.05, 3.63) is 130 Å². The zero-order valence-electron chi connectivity index (χ0n) is 29.4. The maximum atomic E-state index is 13.9. The van der Waals surface area contributed by atoms with Gasteiger partial charge in [0.25, 0.3) is 11.8 Å². The van der Waals surface area contributed by atoms with Gasteiger partial charge < -0.3 is 21.5 Å². The topological polar surface area (TPSA) is 214 Å². The molecule has 6 N–H and O–H groups in total. The van der Waals surface area contributed by atoms with E-state index in [9.17, 15) is 18.4 Å². The molecular formula is C37H38BBrF2N10O4. The minimum absolute atomic E-state index is 0. The number of carbonyl (C=O) groups is 2. The number of rotatable bonds is 8. The lowest BCUT2D eigenvalue weighted by Crippen LogP contribution is -2.32. The molecule has 0 aliphatic rings. The third-order valence-corrected chi connectivity index (χ3v) is 7.72. The molecule has 0 bridgehead atoms. The summed E-state index contributed by atoms with van der Waals surface area (Å²) >= 11 is 3.07. The predicted molar refractivity (Wildman–Crippen MR) is 211 cm³/mol. The molecule has 0 aliphatic carbocycles. The van der Waals surface area contributed by atoms with E-state index in [0.717, 1.165) is 45.8 Å².